The number of rotatable bonds is 5. The Morgan fingerprint density at radius 2 is 1.87 bits per heavy atom. The van der Waals surface area contributed by atoms with Gasteiger partial charge in [0.1, 0.15) is 5.75 Å². The van der Waals surface area contributed by atoms with E-state index >= 15 is 0 Å². The lowest BCUT2D eigenvalue weighted by molar-refractivity contribution is -0.150. The lowest BCUT2D eigenvalue weighted by atomic mass is 9.97. The van der Waals surface area contributed by atoms with E-state index in [1.165, 1.54) is 0 Å². The maximum absolute atomic E-state index is 12.2. The maximum atomic E-state index is 12.2. The van der Waals surface area contributed by atoms with Gasteiger partial charge in [-0.2, -0.15) is 0 Å². The van der Waals surface area contributed by atoms with Crippen LogP contribution in [0.1, 0.15) is 25.3 Å². The first-order valence-corrected chi connectivity index (χ1v) is 7.91. The van der Waals surface area contributed by atoms with Crippen LogP contribution in [0.5, 0.6) is 5.75 Å². The Morgan fingerprint density at radius 3 is 2.43 bits per heavy atom. The van der Waals surface area contributed by atoms with Crippen LogP contribution in [0.15, 0.2) is 30.3 Å². The Kier molecular flexibility index (Phi) is 6.20. The Balaban J connectivity index is 1.84. The second kappa shape index (κ2) is 8.36. The van der Waals surface area contributed by atoms with Crippen molar-refractivity contribution in [3.8, 4) is 5.75 Å². The Morgan fingerprint density at radius 1 is 1.22 bits per heavy atom. The van der Waals surface area contributed by atoms with Gasteiger partial charge in [-0.15, -0.1) is 0 Å². The van der Waals surface area contributed by atoms with Crippen LogP contribution < -0.4 is 4.74 Å². The van der Waals surface area contributed by atoms with Crippen LogP contribution >= 0.6 is 0 Å². The number of hydrogen-bond acceptors (Lipinski definition) is 4. The highest BCUT2D eigenvalue weighted by atomic mass is 16.5. The van der Waals surface area contributed by atoms with E-state index in [0.717, 1.165) is 11.3 Å². The number of nitrogens with zero attached hydrogens (tertiary/aromatic N) is 1. The van der Waals surface area contributed by atoms with Crippen LogP contribution in [0.2, 0.25) is 0 Å². The molecule has 1 saturated heterocycles. The van der Waals surface area contributed by atoms with Crippen LogP contribution in [0, 0.1) is 5.92 Å². The van der Waals surface area contributed by atoms with Gasteiger partial charge in [0.25, 0.3) is 0 Å². The van der Waals surface area contributed by atoms with E-state index in [-0.39, 0.29) is 17.8 Å². The lowest BCUT2D eigenvalue weighted by Crippen LogP contribution is -2.39. The molecule has 1 aromatic carbocycles. The zero-order valence-corrected chi connectivity index (χ0v) is 13.7. The van der Waals surface area contributed by atoms with Crippen molar-refractivity contribution in [1.29, 1.82) is 0 Å². The van der Waals surface area contributed by atoms with E-state index in [4.69, 9.17) is 9.47 Å². The molecule has 0 bridgehead atoms. The second-order valence-electron chi connectivity index (χ2n) is 5.46. The molecular formula is C18H23NO4. The number of piperidine rings is 1. The van der Waals surface area contributed by atoms with Crippen molar-refractivity contribution < 1.29 is 19.1 Å². The fourth-order valence-corrected chi connectivity index (χ4v) is 2.58. The summed E-state index contributed by atoms with van der Waals surface area (Å²) in [5, 5.41) is 0. The van der Waals surface area contributed by atoms with Crippen molar-refractivity contribution in [2.24, 2.45) is 5.92 Å². The topological polar surface area (TPSA) is 55.8 Å². The standard InChI is InChI=1S/C18H23NO4/c1-3-23-18(21)15-10-12-19(13-11-15)17(20)9-6-14-4-7-16(22-2)8-5-14/h4-9,15H,3,10-13H2,1-2H3. The molecule has 5 nitrogen and oxygen atoms in total. The first-order chi connectivity index (χ1) is 11.1. The molecule has 124 valence electrons. The monoisotopic (exact) mass is 317 g/mol. The molecule has 1 amide bonds. The van der Waals surface area contributed by atoms with Crippen molar-refractivity contribution >= 4 is 18.0 Å². The lowest BCUT2D eigenvalue weighted by Gasteiger charge is -2.30. The summed E-state index contributed by atoms with van der Waals surface area (Å²) >= 11 is 0. The van der Waals surface area contributed by atoms with Crippen molar-refractivity contribution in [1.82, 2.24) is 4.90 Å². The predicted octanol–water partition coefficient (Wildman–Crippen LogP) is 2.51. The third-order valence-electron chi connectivity index (χ3n) is 3.96. The first-order valence-electron chi connectivity index (χ1n) is 7.91. The van der Waals surface area contributed by atoms with E-state index in [1.54, 1.807) is 31.1 Å². The van der Waals surface area contributed by atoms with E-state index in [9.17, 15) is 9.59 Å². The number of ether oxygens (including phenoxy) is 2. The van der Waals surface area contributed by atoms with Gasteiger partial charge in [-0.1, -0.05) is 12.1 Å². The highest BCUT2D eigenvalue weighted by molar-refractivity contribution is 5.92. The summed E-state index contributed by atoms with van der Waals surface area (Å²) in [6.45, 7) is 3.40. The maximum Gasteiger partial charge on any atom is 0.309 e. The summed E-state index contributed by atoms with van der Waals surface area (Å²) in [6.07, 6.45) is 4.70. The highest BCUT2D eigenvalue weighted by Crippen LogP contribution is 2.19. The molecule has 0 unspecified atom stereocenters. The molecule has 0 N–H and O–H groups in total. The molecule has 23 heavy (non-hydrogen) atoms. The predicted molar refractivity (Wildman–Crippen MR) is 88.0 cm³/mol. The minimum absolute atomic E-state index is 0.0249. The minimum Gasteiger partial charge on any atom is -0.497 e. The number of amides is 1. The molecule has 0 aromatic heterocycles. The number of esters is 1. The summed E-state index contributed by atoms with van der Waals surface area (Å²) in [4.78, 5) is 25.7. The average Bonchev–Trinajstić information content (AvgIpc) is 2.60. The number of methoxy groups -OCH3 is 1. The fraction of sp³-hybridized carbons (Fsp3) is 0.444. The van der Waals surface area contributed by atoms with Crippen LogP contribution in [-0.2, 0) is 14.3 Å². The van der Waals surface area contributed by atoms with Crippen LogP contribution in [0.3, 0.4) is 0 Å². The van der Waals surface area contributed by atoms with Gasteiger partial charge in [-0.05, 0) is 43.5 Å². The minimum atomic E-state index is -0.145. The molecule has 0 radical (unpaired) electrons. The molecule has 1 aliphatic rings. The number of hydrogen-bond donors (Lipinski definition) is 0. The third kappa shape index (κ3) is 4.84. The van der Waals surface area contributed by atoms with E-state index in [2.05, 4.69) is 0 Å². The van der Waals surface area contributed by atoms with Crippen molar-refractivity contribution in [3.05, 3.63) is 35.9 Å². The summed E-state index contributed by atoms with van der Waals surface area (Å²) in [7, 11) is 1.62. The number of carbonyl (C=O) groups excluding carboxylic acids is 2. The van der Waals surface area contributed by atoms with Crippen molar-refractivity contribution in [3.63, 3.8) is 0 Å². The number of likely N-dealkylation sites (tertiary alicyclic amines) is 1. The Bertz CT molecular complexity index is 557. The molecule has 1 heterocycles. The van der Waals surface area contributed by atoms with Gasteiger partial charge in [0.15, 0.2) is 0 Å². The molecule has 0 spiro atoms. The molecule has 2 rings (SSSR count). The zero-order valence-electron chi connectivity index (χ0n) is 13.7. The molecule has 1 aliphatic heterocycles. The normalized spacial score (nSPS) is 15.7. The molecular weight excluding hydrogens is 294 g/mol. The zero-order chi connectivity index (χ0) is 16.7. The van der Waals surface area contributed by atoms with Gasteiger partial charge in [0.05, 0.1) is 19.6 Å². The van der Waals surface area contributed by atoms with Gasteiger partial charge < -0.3 is 14.4 Å². The van der Waals surface area contributed by atoms with Gasteiger partial charge in [0.2, 0.25) is 5.91 Å². The molecule has 0 aliphatic carbocycles. The number of benzene rings is 1. The third-order valence-corrected chi connectivity index (χ3v) is 3.96. The Labute approximate surface area is 136 Å². The molecule has 1 aromatic rings. The summed E-state index contributed by atoms with van der Waals surface area (Å²) < 4.78 is 10.1. The second-order valence-corrected chi connectivity index (χ2v) is 5.46. The van der Waals surface area contributed by atoms with Gasteiger partial charge in [-0.25, -0.2) is 0 Å². The van der Waals surface area contributed by atoms with E-state index in [1.807, 2.05) is 24.3 Å². The van der Waals surface area contributed by atoms with E-state index < -0.39 is 0 Å². The van der Waals surface area contributed by atoms with Crippen LogP contribution in [0.4, 0.5) is 0 Å². The first kappa shape index (κ1) is 17.1. The summed E-state index contributed by atoms with van der Waals surface area (Å²) in [5.74, 6) is 0.538. The smallest absolute Gasteiger partial charge is 0.309 e. The summed E-state index contributed by atoms with van der Waals surface area (Å²) in [5.41, 5.74) is 0.945. The highest BCUT2D eigenvalue weighted by Gasteiger charge is 2.27. The molecule has 5 heteroatoms. The molecule has 0 saturated carbocycles. The SMILES string of the molecule is CCOC(=O)C1CCN(C(=O)C=Cc2ccc(OC)cc2)CC1. The average molecular weight is 317 g/mol. The largest absolute Gasteiger partial charge is 0.497 e. The van der Waals surface area contributed by atoms with Gasteiger partial charge >= 0.3 is 5.97 Å². The summed E-state index contributed by atoms with van der Waals surface area (Å²) in [6, 6.07) is 7.51. The quantitative estimate of drug-likeness (QED) is 0.618. The van der Waals surface area contributed by atoms with Gasteiger partial charge in [0, 0.05) is 19.2 Å². The number of carbonyl (C=O) groups is 2. The Hall–Kier alpha value is -2.30. The van der Waals surface area contributed by atoms with Gasteiger partial charge in [-0.3, -0.25) is 9.59 Å². The van der Waals surface area contributed by atoms with Crippen LogP contribution in [-0.4, -0.2) is 43.6 Å². The molecule has 0 atom stereocenters. The van der Waals surface area contributed by atoms with Crippen molar-refractivity contribution in [2.45, 2.75) is 19.8 Å². The van der Waals surface area contributed by atoms with Crippen molar-refractivity contribution in [2.75, 3.05) is 26.8 Å². The fourth-order valence-electron chi connectivity index (χ4n) is 2.58. The van der Waals surface area contributed by atoms with E-state index in [0.29, 0.717) is 32.5 Å². The molecule has 1 fully saturated rings. The van der Waals surface area contributed by atoms with Crippen LogP contribution in [0.25, 0.3) is 6.08 Å².